The van der Waals surface area contributed by atoms with Crippen molar-refractivity contribution in [1.82, 2.24) is 9.80 Å². The van der Waals surface area contributed by atoms with Crippen LogP contribution in [0.4, 0.5) is 0 Å². The maximum absolute atomic E-state index is 12.6. The van der Waals surface area contributed by atoms with Crippen LogP contribution in [0.1, 0.15) is 60.2 Å². The van der Waals surface area contributed by atoms with Gasteiger partial charge in [0, 0.05) is 25.7 Å². The number of esters is 1. The summed E-state index contributed by atoms with van der Waals surface area (Å²) in [7, 11) is 1.69. The van der Waals surface area contributed by atoms with Gasteiger partial charge in [0.15, 0.2) is 13.2 Å². The molecule has 1 fully saturated rings. The van der Waals surface area contributed by atoms with Crippen molar-refractivity contribution in [3.8, 4) is 5.75 Å². The van der Waals surface area contributed by atoms with Gasteiger partial charge in [0.1, 0.15) is 5.75 Å². The van der Waals surface area contributed by atoms with Crippen molar-refractivity contribution in [2.24, 2.45) is 0 Å². The van der Waals surface area contributed by atoms with Gasteiger partial charge in [-0.1, -0.05) is 23.8 Å². The van der Waals surface area contributed by atoms with Crippen molar-refractivity contribution in [3.05, 3.63) is 64.7 Å². The van der Waals surface area contributed by atoms with E-state index < -0.39 is 5.97 Å². The van der Waals surface area contributed by atoms with Gasteiger partial charge in [0.05, 0.1) is 5.56 Å². The zero-order valence-electron chi connectivity index (χ0n) is 21.4. The van der Waals surface area contributed by atoms with Crippen LogP contribution in [0, 0.1) is 13.8 Å². The van der Waals surface area contributed by atoms with E-state index in [4.69, 9.17) is 9.47 Å². The predicted molar refractivity (Wildman–Crippen MR) is 134 cm³/mol. The maximum atomic E-state index is 12.6. The molecule has 2 atom stereocenters. The highest BCUT2D eigenvalue weighted by Crippen LogP contribution is 2.23. The molecule has 0 N–H and O–H groups in total. The van der Waals surface area contributed by atoms with Gasteiger partial charge in [0.25, 0.3) is 11.8 Å². The summed E-state index contributed by atoms with van der Waals surface area (Å²) >= 11 is 0. The number of benzene rings is 2. The number of nitrogens with zero attached hydrogens (tertiary/aromatic N) is 2. The molecule has 3 rings (SSSR count). The number of hydrogen-bond acceptors (Lipinski definition) is 5. The molecule has 0 bridgehead atoms. The highest BCUT2D eigenvalue weighted by molar-refractivity contribution is 5.91. The number of aryl methyl sites for hydroxylation is 2. The fourth-order valence-corrected chi connectivity index (χ4v) is 4.51. The second-order valence-electron chi connectivity index (χ2n) is 9.50. The number of likely N-dealkylation sites (tertiary alicyclic amines) is 1. The third-order valence-electron chi connectivity index (χ3n) is 6.59. The van der Waals surface area contributed by atoms with Crippen LogP contribution in [0.3, 0.4) is 0 Å². The minimum Gasteiger partial charge on any atom is -0.484 e. The smallest absolute Gasteiger partial charge is 0.338 e. The first-order chi connectivity index (χ1) is 16.7. The lowest BCUT2D eigenvalue weighted by Gasteiger charge is -2.38. The Hall–Kier alpha value is -3.35. The summed E-state index contributed by atoms with van der Waals surface area (Å²) in [4.78, 5) is 40.9. The molecular formula is C28H36N2O5. The van der Waals surface area contributed by atoms with Gasteiger partial charge in [-0.05, 0) is 82.3 Å². The van der Waals surface area contributed by atoms with E-state index in [9.17, 15) is 14.4 Å². The topological polar surface area (TPSA) is 76.1 Å². The lowest BCUT2D eigenvalue weighted by atomic mass is 9.97. The van der Waals surface area contributed by atoms with E-state index in [-0.39, 0.29) is 37.1 Å². The summed E-state index contributed by atoms with van der Waals surface area (Å²) in [6.07, 6.45) is 3.16. The third-order valence-corrected chi connectivity index (χ3v) is 6.59. The number of carbonyl (C=O) groups is 3. The van der Waals surface area contributed by atoms with E-state index in [1.54, 1.807) is 36.2 Å². The second kappa shape index (κ2) is 11.9. The summed E-state index contributed by atoms with van der Waals surface area (Å²) in [5, 5.41) is 0. The number of hydrogen-bond donors (Lipinski definition) is 0. The highest BCUT2D eigenvalue weighted by atomic mass is 16.5. The van der Waals surface area contributed by atoms with Crippen LogP contribution < -0.4 is 4.74 Å². The minimum atomic E-state index is -0.586. The van der Waals surface area contributed by atoms with Crippen molar-refractivity contribution in [1.29, 1.82) is 0 Å². The van der Waals surface area contributed by atoms with Gasteiger partial charge in [-0.2, -0.15) is 0 Å². The Balaban J connectivity index is 1.46. The molecule has 35 heavy (non-hydrogen) atoms. The highest BCUT2D eigenvalue weighted by Gasteiger charge is 2.29. The molecule has 2 aromatic rings. The molecule has 2 unspecified atom stereocenters. The van der Waals surface area contributed by atoms with E-state index in [0.717, 1.165) is 30.4 Å². The molecule has 0 radical (unpaired) electrons. The Bertz CT molecular complexity index is 1040. The Morgan fingerprint density at radius 2 is 1.63 bits per heavy atom. The summed E-state index contributed by atoms with van der Waals surface area (Å²) in [5.41, 5.74) is 3.65. The second-order valence-corrected chi connectivity index (χ2v) is 9.50. The molecule has 0 aliphatic carbocycles. The third kappa shape index (κ3) is 7.07. The van der Waals surface area contributed by atoms with Crippen molar-refractivity contribution < 1.29 is 23.9 Å². The molecule has 188 valence electrons. The quantitative estimate of drug-likeness (QED) is 0.527. The van der Waals surface area contributed by atoms with Gasteiger partial charge in [-0.3, -0.25) is 9.59 Å². The first-order valence-corrected chi connectivity index (χ1v) is 12.2. The van der Waals surface area contributed by atoms with E-state index in [0.29, 0.717) is 17.9 Å². The van der Waals surface area contributed by atoms with Gasteiger partial charge < -0.3 is 19.3 Å². The van der Waals surface area contributed by atoms with Crippen LogP contribution >= 0.6 is 0 Å². The lowest BCUT2D eigenvalue weighted by molar-refractivity contribution is -0.139. The van der Waals surface area contributed by atoms with Crippen LogP contribution in [0.5, 0.6) is 5.75 Å². The summed E-state index contributed by atoms with van der Waals surface area (Å²) in [5.74, 6) is -0.400. The maximum Gasteiger partial charge on any atom is 0.338 e. The van der Waals surface area contributed by atoms with Crippen LogP contribution in [0.2, 0.25) is 0 Å². The summed E-state index contributed by atoms with van der Waals surface area (Å²) in [6, 6.07) is 12.9. The van der Waals surface area contributed by atoms with Crippen LogP contribution in [-0.2, 0) is 20.9 Å². The van der Waals surface area contributed by atoms with Gasteiger partial charge >= 0.3 is 5.97 Å². The molecule has 1 aliphatic rings. The first kappa shape index (κ1) is 26.3. The Kier molecular flexibility index (Phi) is 8.90. The Morgan fingerprint density at radius 3 is 2.26 bits per heavy atom. The molecule has 1 heterocycles. The molecule has 0 aromatic heterocycles. The molecule has 1 aliphatic heterocycles. The van der Waals surface area contributed by atoms with Crippen molar-refractivity contribution in [3.63, 3.8) is 0 Å². The predicted octanol–water partition coefficient (Wildman–Crippen LogP) is 4.29. The fourth-order valence-electron chi connectivity index (χ4n) is 4.51. The molecule has 7 heteroatoms. The number of ether oxygens (including phenoxy) is 2. The van der Waals surface area contributed by atoms with Crippen molar-refractivity contribution >= 4 is 17.8 Å². The molecule has 7 nitrogen and oxygen atoms in total. The summed E-state index contributed by atoms with van der Waals surface area (Å²) in [6.45, 7) is 8.25. The fraction of sp³-hybridized carbons (Fsp3) is 0.464. The monoisotopic (exact) mass is 480 g/mol. The largest absolute Gasteiger partial charge is 0.484 e. The molecule has 2 amide bonds. The number of carbonyl (C=O) groups excluding carboxylic acids is 3. The average molecular weight is 481 g/mol. The molecule has 0 saturated carbocycles. The zero-order chi connectivity index (χ0) is 25.5. The molecule has 2 aromatic carbocycles. The minimum absolute atomic E-state index is 0.0309. The summed E-state index contributed by atoms with van der Waals surface area (Å²) < 4.78 is 10.9. The molecule has 0 spiro atoms. The molecule has 1 saturated heterocycles. The van der Waals surface area contributed by atoms with E-state index in [1.165, 1.54) is 5.56 Å². The molecular weight excluding hydrogens is 444 g/mol. The first-order valence-electron chi connectivity index (χ1n) is 12.2. The van der Waals surface area contributed by atoms with E-state index >= 15 is 0 Å². The van der Waals surface area contributed by atoms with Crippen LogP contribution in [0.15, 0.2) is 42.5 Å². The Labute approximate surface area is 208 Å². The number of amides is 2. The van der Waals surface area contributed by atoms with Crippen LogP contribution in [0.25, 0.3) is 0 Å². The van der Waals surface area contributed by atoms with E-state index in [1.807, 2.05) is 30.9 Å². The van der Waals surface area contributed by atoms with Crippen LogP contribution in [-0.4, -0.2) is 59.9 Å². The SMILES string of the molecule is Cc1ccc(CN(C)C(=O)COC(=O)c2ccc(OCC(=O)N3C(C)CCCC3C)cc2)c(C)c1. The Morgan fingerprint density at radius 1 is 0.971 bits per heavy atom. The number of rotatable bonds is 8. The average Bonchev–Trinajstić information content (AvgIpc) is 2.82. The lowest BCUT2D eigenvalue weighted by Crippen LogP contribution is -2.49. The van der Waals surface area contributed by atoms with Crippen molar-refractivity contribution in [2.45, 2.75) is 65.6 Å². The number of piperidine rings is 1. The van der Waals surface area contributed by atoms with Crippen molar-refractivity contribution in [2.75, 3.05) is 20.3 Å². The van der Waals surface area contributed by atoms with Gasteiger partial charge in [0.2, 0.25) is 0 Å². The zero-order valence-corrected chi connectivity index (χ0v) is 21.4. The normalized spacial score (nSPS) is 17.6. The van der Waals surface area contributed by atoms with Gasteiger partial charge in [-0.15, -0.1) is 0 Å². The van der Waals surface area contributed by atoms with Gasteiger partial charge in [-0.25, -0.2) is 4.79 Å². The van der Waals surface area contributed by atoms with E-state index in [2.05, 4.69) is 19.9 Å². The number of likely N-dealkylation sites (N-methyl/N-ethyl adjacent to an activating group) is 1. The standard InChI is InChI=1S/C28H36N2O5/c1-19-9-10-24(20(2)15-19)16-29(5)26(31)17-35-28(33)23-11-13-25(14-12-23)34-18-27(32)30-21(3)7-6-8-22(30)4/h9-15,21-22H,6-8,16-18H2,1-5H3.